The van der Waals surface area contributed by atoms with Gasteiger partial charge in [-0.2, -0.15) is 0 Å². The monoisotopic (exact) mass is 352 g/mol. The first-order chi connectivity index (χ1) is 12.4. The van der Waals surface area contributed by atoms with Crippen molar-refractivity contribution in [2.75, 3.05) is 0 Å². The van der Waals surface area contributed by atoms with E-state index >= 15 is 0 Å². The Labute approximate surface area is 150 Å². The predicted octanol–water partition coefficient (Wildman–Crippen LogP) is 2.58. The minimum atomic E-state index is -0.758. The number of para-hydroxylation sites is 1. The van der Waals surface area contributed by atoms with E-state index in [0.717, 1.165) is 0 Å². The number of rotatable bonds is 5. The van der Waals surface area contributed by atoms with Crippen molar-refractivity contribution in [1.29, 1.82) is 0 Å². The molecule has 0 radical (unpaired) electrons. The predicted molar refractivity (Wildman–Crippen MR) is 99.9 cm³/mol. The Bertz CT molecular complexity index is 1050. The van der Waals surface area contributed by atoms with Gasteiger partial charge in [-0.3, -0.25) is 14.4 Å². The lowest BCUT2D eigenvalue weighted by atomic mass is 10.0. The van der Waals surface area contributed by atoms with Crippen molar-refractivity contribution in [3.63, 3.8) is 0 Å². The molecule has 0 unspecified atom stereocenters. The fraction of sp³-hybridized carbons (Fsp3) is 0.250. The van der Waals surface area contributed by atoms with E-state index < -0.39 is 17.9 Å². The first-order valence-corrected chi connectivity index (χ1v) is 8.42. The van der Waals surface area contributed by atoms with E-state index in [2.05, 4.69) is 5.32 Å². The number of fused-ring (bicyclic) bond motifs is 2. The molecule has 2 amide bonds. The SMILES string of the molecule is CC(C)C[C@H](NC(=O)c1ccc2oc3ccccc3c(=O)c2c1)C(N)=O. The maximum absolute atomic E-state index is 12.7. The first-order valence-electron chi connectivity index (χ1n) is 8.42. The molecule has 3 rings (SSSR count). The van der Waals surface area contributed by atoms with Crippen molar-refractivity contribution in [3.8, 4) is 0 Å². The Hall–Kier alpha value is -3.15. The van der Waals surface area contributed by atoms with Gasteiger partial charge in [0.2, 0.25) is 11.3 Å². The van der Waals surface area contributed by atoms with E-state index in [-0.39, 0.29) is 16.9 Å². The van der Waals surface area contributed by atoms with Gasteiger partial charge >= 0.3 is 0 Å². The summed E-state index contributed by atoms with van der Waals surface area (Å²) in [6, 6.07) is 10.8. The van der Waals surface area contributed by atoms with Gasteiger partial charge in [0.05, 0.1) is 10.8 Å². The summed E-state index contributed by atoms with van der Waals surface area (Å²) < 4.78 is 5.73. The molecule has 26 heavy (non-hydrogen) atoms. The van der Waals surface area contributed by atoms with Crippen LogP contribution >= 0.6 is 0 Å². The van der Waals surface area contributed by atoms with Crippen LogP contribution in [0, 0.1) is 5.92 Å². The fourth-order valence-corrected chi connectivity index (χ4v) is 2.90. The zero-order chi connectivity index (χ0) is 18.8. The lowest BCUT2D eigenvalue weighted by Gasteiger charge is -2.17. The quantitative estimate of drug-likeness (QED) is 0.689. The topological polar surface area (TPSA) is 102 Å². The number of hydrogen-bond acceptors (Lipinski definition) is 4. The van der Waals surface area contributed by atoms with Crippen molar-refractivity contribution in [1.82, 2.24) is 5.32 Å². The summed E-state index contributed by atoms with van der Waals surface area (Å²) in [5.41, 5.74) is 6.33. The van der Waals surface area contributed by atoms with Gasteiger partial charge in [0, 0.05) is 5.56 Å². The highest BCUT2D eigenvalue weighted by molar-refractivity contribution is 6.01. The van der Waals surface area contributed by atoms with E-state index in [1.165, 1.54) is 6.07 Å². The molecule has 0 aliphatic heterocycles. The van der Waals surface area contributed by atoms with Gasteiger partial charge in [-0.1, -0.05) is 26.0 Å². The molecule has 0 fully saturated rings. The lowest BCUT2D eigenvalue weighted by Crippen LogP contribution is -2.45. The zero-order valence-corrected chi connectivity index (χ0v) is 14.6. The summed E-state index contributed by atoms with van der Waals surface area (Å²) in [6.45, 7) is 3.88. The highest BCUT2D eigenvalue weighted by atomic mass is 16.3. The Morgan fingerprint density at radius 2 is 1.77 bits per heavy atom. The van der Waals surface area contributed by atoms with Crippen molar-refractivity contribution < 1.29 is 14.0 Å². The molecule has 134 valence electrons. The van der Waals surface area contributed by atoms with E-state index in [4.69, 9.17) is 10.2 Å². The van der Waals surface area contributed by atoms with Crippen LogP contribution in [-0.2, 0) is 4.79 Å². The number of amides is 2. The fourth-order valence-electron chi connectivity index (χ4n) is 2.90. The second-order valence-corrected chi connectivity index (χ2v) is 6.70. The molecular formula is C20H20N2O4. The average Bonchev–Trinajstić information content (AvgIpc) is 2.60. The van der Waals surface area contributed by atoms with Crippen LogP contribution in [0.1, 0.15) is 30.6 Å². The molecule has 0 saturated heterocycles. The van der Waals surface area contributed by atoms with Crippen molar-refractivity contribution in [2.24, 2.45) is 11.7 Å². The van der Waals surface area contributed by atoms with E-state index in [1.54, 1.807) is 36.4 Å². The average molecular weight is 352 g/mol. The van der Waals surface area contributed by atoms with Crippen LogP contribution in [-0.4, -0.2) is 17.9 Å². The lowest BCUT2D eigenvalue weighted by molar-refractivity contribution is -0.120. The van der Waals surface area contributed by atoms with Crippen molar-refractivity contribution >= 4 is 33.8 Å². The maximum Gasteiger partial charge on any atom is 0.251 e. The molecule has 3 aromatic rings. The second-order valence-electron chi connectivity index (χ2n) is 6.70. The van der Waals surface area contributed by atoms with Gasteiger partial charge < -0.3 is 15.5 Å². The number of primary amides is 1. The van der Waals surface area contributed by atoms with Crippen LogP contribution < -0.4 is 16.5 Å². The van der Waals surface area contributed by atoms with Crippen molar-refractivity contribution in [2.45, 2.75) is 26.3 Å². The summed E-state index contributed by atoms with van der Waals surface area (Å²) in [6.07, 6.45) is 0.446. The standard InChI is InChI=1S/C20H20N2O4/c1-11(2)9-15(19(21)24)22-20(25)12-7-8-17-14(10-12)18(23)13-5-3-4-6-16(13)26-17/h3-8,10-11,15H,9H2,1-2H3,(H2,21,24)(H,22,25)/t15-/m0/s1. The Balaban J connectivity index is 1.99. The summed E-state index contributed by atoms with van der Waals surface area (Å²) in [7, 11) is 0. The van der Waals surface area contributed by atoms with Crippen molar-refractivity contribution in [3.05, 3.63) is 58.3 Å². The molecule has 0 aliphatic rings. The Morgan fingerprint density at radius 3 is 2.46 bits per heavy atom. The minimum Gasteiger partial charge on any atom is -0.456 e. The molecule has 3 N–H and O–H groups in total. The normalized spacial score (nSPS) is 12.4. The Kier molecular flexibility index (Phi) is 4.75. The first kappa shape index (κ1) is 17.7. The number of carbonyl (C=O) groups is 2. The highest BCUT2D eigenvalue weighted by Crippen LogP contribution is 2.19. The minimum absolute atomic E-state index is 0.197. The Morgan fingerprint density at radius 1 is 1.08 bits per heavy atom. The molecule has 0 saturated carbocycles. The smallest absolute Gasteiger partial charge is 0.251 e. The third kappa shape index (κ3) is 3.44. The largest absolute Gasteiger partial charge is 0.456 e. The summed E-state index contributed by atoms with van der Waals surface area (Å²) in [4.78, 5) is 36.7. The van der Waals surface area contributed by atoms with Gasteiger partial charge in [-0.25, -0.2) is 0 Å². The summed E-state index contributed by atoms with van der Waals surface area (Å²) in [5.74, 6) is -0.843. The molecule has 0 aliphatic carbocycles. The van der Waals surface area contributed by atoms with Gasteiger partial charge in [0.15, 0.2) is 0 Å². The maximum atomic E-state index is 12.7. The van der Waals surface area contributed by atoms with E-state index in [9.17, 15) is 14.4 Å². The highest BCUT2D eigenvalue weighted by Gasteiger charge is 2.20. The van der Waals surface area contributed by atoms with Gasteiger partial charge in [0.1, 0.15) is 17.2 Å². The second kappa shape index (κ2) is 7.00. The molecular weight excluding hydrogens is 332 g/mol. The summed E-state index contributed by atoms with van der Waals surface area (Å²) in [5, 5.41) is 3.41. The van der Waals surface area contributed by atoms with Crippen LogP contribution in [0.5, 0.6) is 0 Å². The van der Waals surface area contributed by atoms with Gasteiger partial charge in [-0.15, -0.1) is 0 Å². The van der Waals surface area contributed by atoms with Crippen LogP contribution in [0.2, 0.25) is 0 Å². The molecule has 1 atom stereocenters. The number of benzene rings is 2. The van der Waals surface area contributed by atoms with E-state index in [1.807, 2.05) is 13.8 Å². The number of carbonyl (C=O) groups excluding carboxylic acids is 2. The third-order valence-corrected chi connectivity index (χ3v) is 4.19. The molecule has 1 heterocycles. The van der Waals surface area contributed by atoms with Crippen LogP contribution in [0.25, 0.3) is 21.9 Å². The zero-order valence-electron chi connectivity index (χ0n) is 14.6. The van der Waals surface area contributed by atoms with E-state index in [0.29, 0.717) is 28.4 Å². The molecule has 6 heteroatoms. The van der Waals surface area contributed by atoms with Crippen LogP contribution in [0.3, 0.4) is 0 Å². The number of hydrogen-bond donors (Lipinski definition) is 2. The van der Waals surface area contributed by atoms with Gasteiger partial charge in [0.25, 0.3) is 5.91 Å². The molecule has 2 aromatic carbocycles. The molecule has 1 aromatic heterocycles. The third-order valence-electron chi connectivity index (χ3n) is 4.19. The van der Waals surface area contributed by atoms with Crippen LogP contribution in [0.15, 0.2) is 51.7 Å². The molecule has 0 bridgehead atoms. The molecule has 0 spiro atoms. The van der Waals surface area contributed by atoms with Crippen LogP contribution in [0.4, 0.5) is 0 Å². The number of nitrogens with one attached hydrogen (secondary N) is 1. The number of nitrogens with two attached hydrogens (primary N) is 1. The van der Waals surface area contributed by atoms with Gasteiger partial charge in [-0.05, 0) is 42.7 Å². The molecule has 6 nitrogen and oxygen atoms in total. The summed E-state index contributed by atoms with van der Waals surface area (Å²) >= 11 is 0.